The second-order valence-electron chi connectivity index (χ2n) is 2.45. The Bertz CT molecular complexity index is 230. The summed E-state index contributed by atoms with van der Waals surface area (Å²) >= 11 is 8.54. The van der Waals surface area contributed by atoms with Crippen LogP contribution in [0.3, 0.4) is 0 Å². The summed E-state index contributed by atoms with van der Waals surface area (Å²) in [7, 11) is 0. The third kappa shape index (κ3) is 1.50. The quantitative estimate of drug-likeness (QED) is 0.550. The van der Waals surface area contributed by atoms with Gasteiger partial charge in [-0.05, 0) is 31.0 Å². The van der Waals surface area contributed by atoms with Crippen LogP contribution < -0.4 is 0 Å². The maximum atomic E-state index is 4.28. The van der Waals surface area contributed by atoms with Gasteiger partial charge >= 0.3 is 0 Å². The molecule has 0 aliphatic rings. The van der Waals surface area contributed by atoms with E-state index in [2.05, 4.69) is 38.2 Å². The molecule has 0 atom stereocenters. The number of rotatable bonds is 0. The first-order valence-corrected chi connectivity index (χ1v) is 4.00. The van der Waals surface area contributed by atoms with Crippen molar-refractivity contribution in [3.05, 3.63) is 23.3 Å². The van der Waals surface area contributed by atoms with Crippen molar-refractivity contribution in [3.63, 3.8) is 0 Å². The SMILES string of the molecule is Cc1cc(C)c(S)c(S)c1. The minimum Gasteiger partial charge on any atom is -0.142 e. The Morgan fingerprint density at radius 1 is 1.10 bits per heavy atom. The summed E-state index contributed by atoms with van der Waals surface area (Å²) in [5.74, 6) is 0. The maximum absolute atomic E-state index is 4.28. The van der Waals surface area contributed by atoms with Gasteiger partial charge in [0.15, 0.2) is 0 Å². The Morgan fingerprint density at radius 2 is 1.70 bits per heavy atom. The van der Waals surface area contributed by atoms with E-state index in [0.717, 1.165) is 9.79 Å². The average molecular weight is 170 g/mol. The van der Waals surface area contributed by atoms with Gasteiger partial charge in [-0.1, -0.05) is 6.07 Å². The van der Waals surface area contributed by atoms with Crippen LogP contribution in [-0.2, 0) is 0 Å². The van der Waals surface area contributed by atoms with Gasteiger partial charge in [-0.15, -0.1) is 25.3 Å². The van der Waals surface area contributed by atoms with Crippen molar-refractivity contribution in [1.82, 2.24) is 0 Å². The monoisotopic (exact) mass is 170 g/mol. The van der Waals surface area contributed by atoms with E-state index in [-0.39, 0.29) is 0 Å². The summed E-state index contributed by atoms with van der Waals surface area (Å²) in [6, 6.07) is 4.11. The number of aryl methyl sites for hydroxylation is 2. The lowest BCUT2D eigenvalue weighted by atomic mass is 10.2. The van der Waals surface area contributed by atoms with Crippen molar-refractivity contribution in [2.75, 3.05) is 0 Å². The van der Waals surface area contributed by atoms with Crippen LogP contribution >= 0.6 is 25.3 Å². The Balaban J connectivity index is 3.31. The molecule has 0 saturated carbocycles. The molecule has 0 amide bonds. The minimum absolute atomic E-state index is 0.959. The number of hydrogen-bond acceptors (Lipinski definition) is 2. The summed E-state index contributed by atoms with van der Waals surface area (Å²) in [6.45, 7) is 4.09. The Kier molecular flexibility index (Phi) is 2.32. The lowest BCUT2D eigenvalue weighted by Gasteiger charge is -2.03. The summed E-state index contributed by atoms with van der Waals surface area (Å²) in [4.78, 5) is 1.94. The van der Waals surface area contributed by atoms with Gasteiger partial charge in [0.1, 0.15) is 0 Å². The maximum Gasteiger partial charge on any atom is 0.0203 e. The Hall–Kier alpha value is -0.0800. The molecule has 0 radical (unpaired) electrons. The van der Waals surface area contributed by atoms with E-state index in [1.165, 1.54) is 11.1 Å². The van der Waals surface area contributed by atoms with Gasteiger partial charge in [0, 0.05) is 9.79 Å². The summed E-state index contributed by atoms with van der Waals surface area (Å²) < 4.78 is 0. The van der Waals surface area contributed by atoms with Gasteiger partial charge in [-0.25, -0.2) is 0 Å². The van der Waals surface area contributed by atoms with Crippen molar-refractivity contribution in [3.8, 4) is 0 Å². The lowest BCUT2D eigenvalue weighted by Crippen LogP contribution is -1.80. The summed E-state index contributed by atoms with van der Waals surface area (Å²) in [6.07, 6.45) is 0. The molecule has 0 unspecified atom stereocenters. The van der Waals surface area contributed by atoms with E-state index < -0.39 is 0 Å². The lowest BCUT2D eigenvalue weighted by molar-refractivity contribution is 1.15. The second kappa shape index (κ2) is 2.89. The van der Waals surface area contributed by atoms with Crippen molar-refractivity contribution >= 4 is 25.3 Å². The van der Waals surface area contributed by atoms with E-state index in [0.29, 0.717) is 0 Å². The van der Waals surface area contributed by atoms with Gasteiger partial charge in [0.25, 0.3) is 0 Å². The zero-order valence-electron chi connectivity index (χ0n) is 6.05. The number of benzene rings is 1. The molecule has 0 nitrogen and oxygen atoms in total. The van der Waals surface area contributed by atoms with Crippen LogP contribution in [0.25, 0.3) is 0 Å². The molecule has 0 aromatic heterocycles. The third-order valence-corrected chi connectivity index (χ3v) is 2.55. The van der Waals surface area contributed by atoms with Crippen molar-refractivity contribution in [2.24, 2.45) is 0 Å². The normalized spacial score (nSPS) is 10.0. The predicted octanol–water partition coefficient (Wildman–Crippen LogP) is 2.88. The fourth-order valence-electron chi connectivity index (χ4n) is 0.938. The van der Waals surface area contributed by atoms with Crippen LogP contribution in [0.4, 0.5) is 0 Å². The molecule has 0 fully saturated rings. The van der Waals surface area contributed by atoms with Crippen molar-refractivity contribution in [2.45, 2.75) is 23.6 Å². The van der Waals surface area contributed by atoms with Gasteiger partial charge in [0.05, 0.1) is 0 Å². The highest BCUT2D eigenvalue weighted by Crippen LogP contribution is 2.23. The van der Waals surface area contributed by atoms with E-state index >= 15 is 0 Å². The van der Waals surface area contributed by atoms with Crippen LogP contribution in [0.1, 0.15) is 11.1 Å². The molecule has 1 aromatic carbocycles. The first-order valence-electron chi connectivity index (χ1n) is 3.10. The molecule has 0 spiro atoms. The second-order valence-corrected chi connectivity index (χ2v) is 3.38. The molecular formula is C8H10S2. The number of hydrogen-bond donors (Lipinski definition) is 2. The van der Waals surface area contributed by atoms with E-state index in [1.54, 1.807) is 0 Å². The Labute approximate surface area is 72.5 Å². The molecule has 0 aliphatic heterocycles. The van der Waals surface area contributed by atoms with Crippen LogP contribution in [0.2, 0.25) is 0 Å². The van der Waals surface area contributed by atoms with Crippen molar-refractivity contribution < 1.29 is 0 Å². The minimum atomic E-state index is 0.959. The largest absolute Gasteiger partial charge is 0.142 e. The molecule has 1 rings (SSSR count). The van der Waals surface area contributed by atoms with Gasteiger partial charge in [-0.3, -0.25) is 0 Å². The topological polar surface area (TPSA) is 0 Å². The van der Waals surface area contributed by atoms with Gasteiger partial charge in [-0.2, -0.15) is 0 Å². The Morgan fingerprint density at radius 3 is 2.20 bits per heavy atom. The molecule has 1 aromatic rings. The molecule has 2 heteroatoms. The molecular weight excluding hydrogens is 160 g/mol. The van der Waals surface area contributed by atoms with Crippen molar-refractivity contribution in [1.29, 1.82) is 0 Å². The highest BCUT2D eigenvalue weighted by atomic mass is 32.1. The average Bonchev–Trinajstić information content (AvgIpc) is 1.82. The third-order valence-electron chi connectivity index (χ3n) is 1.42. The van der Waals surface area contributed by atoms with Crippen LogP contribution in [0.15, 0.2) is 21.9 Å². The number of thiol groups is 2. The molecule has 0 bridgehead atoms. The highest BCUT2D eigenvalue weighted by molar-refractivity contribution is 7.83. The predicted molar refractivity (Wildman–Crippen MR) is 50.4 cm³/mol. The van der Waals surface area contributed by atoms with Crippen LogP contribution in [-0.4, -0.2) is 0 Å². The van der Waals surface area contributed by atoms with Crippen LogP contribution in [0.5, 0.6) is 0 Å². The van der Waals surface area contributed by atoms with Gasteiger partial charge in [0.2, 0.25) is 0 Å². The van der Waals surface area contributed by atoms with E-state index in [1.807, 2.05) is 13.0 Å². The molecule has 54 valence electrons. The molecule has 0 heterocycles. The van der Waals surface area contributed by atoms with Gasteiger partial charge < -0.3 is 0 Å². The van der Waals surface area contributed by atoms with E-state index in [9.17, 15) is 0 Å². The molecule has 10 heavy (non-hydrogen) atoms. The smallest absolute Gasteiger partial charge is 0.0203 e. The molecule has 0 aliphatic carbocycles. The first kappa shape index (κ1) is 8.02. The molecule has 0 saturated heterocycles. The highest BCUT2D eigenvalue weighted by Gasteiger charge is 1.97. The zero-order chi connectivity index (χ0) is 7.72. The fourth-order valence-corrected chi connectivity index (χ4v) is 1.45. The fraction of sp³-hybridized carbons (Fsp3) is 0.250. The first-order chi connectivity index (χ1) is 4.61. The summed E-state index contributed by atoms with van der Waals surface area (Å²) in [5.41, 5.74) is 2.42. The molecule has 0 N–H and O–H groups in total. The summed E-state index contributed by atoms with van der Waals surface area (Å²) in [5, 5.41) is 0. The van der Waals surface area contributed by atoms with E-state index in [4.69, 9.17) is 0 Å². The van der Waals surface area contributed by atoms with Crippen LogP contribution in [0, 0.1) is 13.8 Å². The standard InChI is InChI=1S/C8H10S2/c1-5-3-6(2)8(10)7(9)4-5/h3-4,9-10H,1-2H3. The zero-order valence-corrected chi connectivity index (χ0v) is 7.84.